The maximum Gasteiger partial charge on any atom is 0.123 e. The van der Waals surface area contributed by atoms with Gasteiger partial charge in [0.25, 0.3) is 0 Å². The lowest BCUT2D eigenvalue weighted by atomic mass is 10.1. The Morgan fingerprint density at radius 3 is 2.71 bits per heavy atom. The molecule has 0 aromatic heterocycles. The van der Waals surface area contributed by atoms with E-state index in [1.165, 1.54) is 0 Å². The van der Waals surface area contributed by atoms with Crippen LogP contribution in [0, 0.1) is 5.92 Å². The Labute approximate surface area is 117 Å². The number of benzene rings is 1. The summed E-state index contributed by atoms with van der Waals surface area (Å²) in [6, 6.07) is 5.99. The SMILES string of the molecule is COc1ccc(Br)cc1CNCC(Cl)C(C)C. The molecule has 0 bridgehead atoms. The third kappa shape index (κ3) is 4.86. The fraction of sp³-hybridized carbons (Fsp3) is 0.538. The van der Waals surface area contributed by atoms with Gasteiger partial charge < -0.3 is 10.1 Å². The van der Waals surface area contributed by atoms with Crippen LogP contribution in [0.5, 0.6) is 5.75 Å². The molecule has 1 unspecified atom stereocenters. The van der Waals surface area contributed by atoms with Gasteiger partial charge in [0.05, 0.1) is 7.11 Å². The lowest BCUT2D eigenvalue weighted by molar-refractivity contribution is 0.407. The Balaban J connectivity index is 2.53. The summed E-state index contributed by atoms with van der Waals surface area (Å²) < 4.78 is 6.37. The number of nitrogens with one attached hydrogen (secondary N) is 1. The van der Waals surface area contributed by atoms with Gasteiger partial charge in [-0.1, -0.05) is 29.8 Å². The predicted molar refractivity (Wildman–Crippen MR) is 76.9 cm³/mol. The Morgan fingerprint density at radius 2 is 2.12 bits per heavy atom. The smallest absolute Gasteiger partial charge is 0.123 e. The molecule has 4 heteroatoms. The van der Waals surface area contributed by atoms with Crippen LogP contribution in [0.4, 0.5) is 0 Å². The zero-order valence-electron chi connectivity index (χ0n) is 10.5. The summed E-state index contributed by atoms with van der Waals surface area (Å²) in [5.74, 6) is 1.38. The van der Waals surface area contributed by atoms with Crippen molar-refractivity contribution in [2.45, 2.75) is 25.8 Å². The molecule has 0 fully saturated rings. The molecule has 0 aliphatic heterocycles. The molecule has 0 amide bonds. The quantitative estimate of drug-likeness (QED) is 0.805. The van der Waals surface area contributed by atoms with Crippen molar-refractivity contribution in [2.75, 3.05) is 13.7 Å². The standard InChI is InChI=1S/C13H19BrClNO/c1-9(2)12(15)8-16-7-10-6-11(14)4-5-13(10)17-3/h4-6,9,12,16H,7-8H2,1-3H3. The van der Waals surface area contributed by atoms with E-state index in [1.54, 1.807) is 7.11 Å². The van der Waals surface area contributed by atoms with Crippen molar-refractivity contribution in [3.8, 4) is 5.75 Å². The van der Waals surface area contributed by atoms with Crippen LogP contribution in [-0.4, -0.2) is 19.0 Å². The molecule has 1 rings (SSSR count). The number of rotatable bonds is 6. The van der Waals surface area contributed by atoms with E-state index in [0.717, 1.165) is 28.9 Å². The highest BCUT2D eigenvalue weighted by molar-refractivity contribution is 9.10. The largest absolute Gasteiger partial charge is 0.496 e. The van der Waals surface area contributed by atoms with Gasteiger partial charge in [-0.25, -0.2) is 0 Å². The number of hydrogen-bond acceptors (Lipinski definition) is 2. The van der Waals surface area contributed by atoms with Crippen LogP contribution >= 0.6 is 27.5 Å². The Hall–Kier alpha value is -0.250. The average Bonchev–Trinajstić information content (AvgIpc) is 2.29. The van der Waals surface area contributed by atoms with Crippen molar-refractivity contribution in [1.29, 1.82) is 0 Å². The fourth-order valence-electron chi connectivity index (χ4n) is 1.47. The van der Waals surface area contributed by atoms with E-state index < -0.39 is 0 Å². The average molecular weight is 321 g/mol. The molecule has 1 N–H and O–H groups in total. The molecule has 1 atom stereocenters. The van der Waals surface area contributed by atoms with E-state index >= 15 is 0 Å². The second-order valence-electron chi connectivity index (χ2n) is 4.35. The highest BCUT2D eigenvalue weighted by atomic mass is 79.9. The number of alkyl halides is 1. The van der Waals surface area contributed by atoms with Gasteiger partial charge >= 0.3 is 0 Å². The summed E-state index contributed by atoms with van der Waals surface area (Å²) >= 11 is 9.64. The summed E-state index contributed by atoms with van der Waals surface area (Å²) in [6.07, 6.45) is 0. The summed E-state index contributed by atoms with van der Waals surface area (Å²) in [6.45, 7) is 5.81. The van der Waals surface area contributed by atoms with Gasteiger partial charge in [-0.15, -0.1) is 11.6 Å². The number of methoxy groups -OCH3 is 1. The maximum atomic E-state index is 6.18. The van der Waals surface area contributed by atoms with Crippen molar-refractivity contribution in [3.63, 3.8) is 0 Å². The minimum absolute atomic E-state index is 0.160. The minimum atomic E-state index is 0.160. The Bertz CT molecular complexity index is 357. The molecular weight excluding hydrogens is 302 g/mol. The highest BCUT2D eigenvalue weighted by Crippen LogP contribution is 2.22. The van der Waals surface area contributed by atoms with Crippen LogP contribution < -0.4 is 10.1 Å². The molecule has 17 heavy (non-hydrogen) atoms. The molecule has 0 radical (unpaired) electrons. The highest BCUT2D eigenvalue weighted by Gasteiger charge is 2.09. The second-order valence-corrected chi connectivity index (χ2v) is 5.82. The van der Waals surface area contributed by atoms with Gasteiger partial charge in [-0.3, -0.25) is 0 Å². The molecule has 2 nitrogen and oxygen atoms in total. The van der Waals surface area contributed by atoms with E-state index in [-0.39, 0.29) is 5.38 Å². The molecular formula is C13H19BrClNO. The maximum absolute atomic E-state index is 6.18. The zero-order valence-corrected chi connectivity index (χ0v) is 12.8. The second kappa shape index (κ2) is 7.24. The molecule has 0 spiro atoms. The van der Waals surface area contributed by atoms with Gasteiger partial charge in [0.2, 0.25) is 0 Å². The van der Waals surface area contributed by atoms with Crippen LogP contribution in [0.15, 0.2) is 22.7 Å². The van der Waals surface area contributed by atoms with Crippen molar-refractivity contribution >= 4 is 27.5 Å². The van der Waals surface area contributed by atoms with Crippen LogP contribution in [0.1, 0.15) is 19.4 Å². The summed E-state index contributed by atoms with van der Waals surface area (Å²) in [5.41, 5.74) is 1.13. The third-order valence-electron chi connectivity index (χ3n) is 2.62. The van der Waals surface area contributed by atoms with E-state index in [0.29, 0.717) is 5.92 Å². The van der Waals surface area contributed by atoms with Crippen molar-refractivity contribution < 1.29 is 4.74 Å². The van der Waals surface area contributed by atoms with Crippen molar-refractivity contribution in [3.05, 3.63) is 28.2 Å². The molecule has 0 aliphatic carbocycles. The fourth-order valence-corrected chi connectivity index (χ4v) is 1.98. The van der Waals surface area contributed by atoms with Crippen LogP contribution in [0.2, 0.25) is 0 Å². The van der Waals surface area contributed by atoms with Gasteiger partial charge in [-0.2, -0.15) is 0 Å². The first-order valence-corrected chi connectivity index (χ1v) is 6.94. The van der Waals surface area contributed by atoms with Crippen LogP contribution in [-0.2, 0) is 6.54 Å². The van der Waals surface area contributed by atoms with Crippen molar-refractivity contribution in [1.82, 2.24) is 5.32 Å². The molecule has 0 heterocycles. The summed E-state index contributed by atoms with van der Waals surface area (Å²) in [5, 5.41) is 3.51. The molecule has 0 saturated heterocycles. The number of halogens is 2. The van der Waals surface area contributed by atoms with E-state index in [2.05, 4.69) is 41.2 Å². The van der Waals surface area contributed by atoms with Gasteiger partial charge in [-0.05, 0) is 24.1 Å². The van der Waals surface area contributed by atoms with E-state index in [9.17, 15) is 0 Å². The molecule has 1 aromatic carbocycles. The van der Waals surface area contributed by atoms with Gasteiger partial charge in [0.15, 0.2) is 0 Å². The lowest BCUT2D eigenvalue weighted by Gasteiger charge is -2.15. The van der Waals surface area contributed by atoms with Crippen LogP contribution in [0.3, 0.4) is 0 Å². The normalized spacial score (nSPS) is 12.8. The molecule has 96 valence electrons. The Morgan fingerprint density at radius 1 is 1.41 bits per heavy atom. The molecule has 0 aliphatic rings. The van der Waals surface area contributed by atoms with Gasteiger partial charge in [0, 0.05) is 28.5 Å². The summed E-state index contributed by atoms with van der Waals surface area (Å²) in [7, 11) is 1.69. The van der Waals surface area contributed by atoms with E-state index in [1.807, 2.05) is 12.1 Å². The number of hydrogen-bond donors (Lipinski definition) is 1. The summed E-state index contributed by atoms with van der Waals surface area (Å²) in [4.78, 5) is 0. The van der Waals surface area contributed by atoms with Gasteiger partial charge in [0.1, 0.15) is 5.75 Å². The third-order valence-corrected chi connectivity index (χ3v) is 3.77. The topological polar surface area (TPSA) is 21.3 Å². The first-order chi connectivity index (χ1) is 8.04. The van der Waals surface area contributed by atoms with Crippen molar-refractivity contribution in [2.24, 2.45) is 5.92 Å². The first-order valence-electron chi connectivity index (χ1n) is 5.71. The molecule has 1 aromatic rings. The van der Waals surface area contributed by atoms with Crippen LogP contribution in [0.25, 0.3) is 0 Å². The molecule has 0 saturated carbocycles. The predicted octanol–water partition coefficient (Wildman–Crippen LogP) is 3.81. The lowest BCUT2D eigenvalue weighted by Crippen LogP contribution is -2.26. The Kier molecular flexibility index (Phi) is 6.31. The first kappa shape index (κ1) is 14.8. The van der Waals surface area contributed by atoms with E-state index in [4.69, 9.17) is 16.3 Å². The zero-order chi connectivity index (χ0) is 12.8. The minimum Gasteiger partial charge on any atom is -0.496 e. The monoisotopic (exact) mass is 319 g/mol. The number of ether oxygens (including phenoxy) is 1.